The monoisotopic (exact) mass is 281 g/mol. The summed E-state index contributed by atoms with van der Waals surface area (Å²) in [5.74, 6) is -1.09. The summed E-state index contributed by atoms with van der Waals surface area (Å²) in [6.07, 6.45) is -0.542. The number of hydrogen-bond donors (Lipinski definition) is 0. The van der Waals surface area contributed by atoms with E-state index in [9.17, 15) is 9.36 Å². The Bertz CT molecular complexity index is 326. The summed E-state index contributed by atoms with van der Waals surface area (Å²) in [6, 6.07) is 0. The van der Waals surface area contributed by atoms with Crippen molar-refractivity contribution < 1.29 is 28.0 Å². The van der Waals surface area contributed by atoms with E-state index in [1.807, 2.05) is 0 Å². The average molecular weight is 281 g/mol. The molecule has 1 aliphatic heterocycles. The molecule has 18 heavy (non-hydrogen) atoms. The van der Waals surface area contributed by atoms with E-state index < -0.39 is 25.5 Å². The number of nitrogens with zero attached hydrogens (tertiary/aromatic N) is 1. The van der Waals surface area contributed by atoms with Crippen LogP contribution in [0.25, 0.3) is 0 Å². The van der Waals surface area contributed by atoms with Gasteiger partial charge in [0.1, 0.15) is 5.78 Å². The van der Waals surface area contributed by atoms with Gasteiger partial charge in [0.25, 0.3) is 0 Å². The first-order valence-electron chi connectivity index (χ1n) is 5.84. The zero-order valence-electron chi connectivity index (χ0n) is 11.1. The fraction of sp³-hybridized carbons (Fsp3) is 0.900. The highest BCUT2D eigenvalue weighted by Gasteiger charge is 2.48. The van der Waals surface area contributed by atoms with Crippen LogP contribution in [0, 0.1) is 0 Å². The number of hydroxylamine groups is 2. The van der Waals surface area contributed by atoms with Crippen LogP contribution < -0.4 is 0 Å². The molecule has 1 fully saturated rings. The van der Waals surface area contributed by atoms with Crippen molar-refractivity contribution in [3.8, 4) is 0 Å². The molecule has 0 saturated carbocycles. The number of hydrogen-bond acceptors (Lipinski definition) is 7. The minimum absolute atomic E-state index is 0.223. The lowest BCUT2D eigenvalue weighted by Crippen LogP contribution is -2.26. The number of methoxy groups -OCH3 is 1. The fourth-order valence-corrected chi connectivity index (χ4v) is 3.86. The van der Waals surface area contributed by atoms with Gasteiger partial charge in [-0.2, -0.15) is 5.06 Å². The molecule has 0 radical (unpaired) electrons. The molecule has 2 atom stereocenters. The predicted molar refractivity (Wildman–Crippen MR) is 63.9 cm³/mol. The summed E-state index contributed by atoms with van der Waals surface area (Å²) in [5.41, 5.74) is 0. The van der Waals surface area contributed by atoms with Gasteiger partial charge >= 0.3 is 13.6 Å². The largest absolute Gasteiger partial charge is 0.467 e. The molecule has 0 aliphatic carbocycles. The SMILES string of the molecule is CCOP(=O)(OCC)[C@H]1C[C@H](C(=O)OC)ON1C. The Morgan fingerprint density at radius 3 is 2.39 bits per heavy atom. The molecule has 1 rings (SSSR count). The third-order valence-corrected chi connectivity index (χ3v) is 5.09. The third kappa shape index (κ3) is 3.30. The van der Waals surface area contributed by atoms with Crippen LogP contribution in [-0.4, -0.2) is 50.3 Å². The van der Waals surface area contributed by atoms with Crippen molar-refractivity contribution >= 4 is 13.6 Å². The number of esters is 1. The van der Waals surface area contributed by atoms with Gasteiger partial charge in [-0.1, -0.05) is 0 Å². The second kappa shape index (κ2) is 6.63. The van der Waals surface area contributed by atoms with Gasteiger partial charge in [0, 0.05) is 13.5 Å². The average Bonchev–Trinajstić information content (AvgIpc) is 2.71. The van der Waals surface area contributed by atoms with Crippen LogP contribution in [0.5, 0.6) is 0 Å². The smallest absolute Gasteiger partial charge is 0.350 e. The first-order valence-corrected chi connectivity index (χ1v) is 7.45. The number of rotatable bonds is 6. The van der Waals surface area contributed by atoms with Gasteiger partial charge in [0.05, 0.1) is 20.3 Å². The van der Waals surface area contributed by atoms with Crippen LogP contribution >= 0.6 is 7.60 Å². The minimum Gasteiger partial charge on any atom is -0.467 e. The summed E-state index contributed by atoms with van der Waals surface area (Å²) >= 11 is 0. The number of carbonyl (C=O) groups excluding carboxylic acids is 1. The predicted octanol–water partition coefficient (Wildman–Crippen LogP) is 1.39. The molecule has 0 aromatic heterocycles. The Hall–Kier alpha value is -0.460. The fourth-order valence-electron chi connectivity index (χ4n) is 1.82. The first kappa shape index (κ1) is 15.6. The minimum atomic E-state index is -3.32. The van der Waals surface area contributed by atoms with Crippen LogP contribution in [0.3, 0.4) is 0 Å². The van der Waals surface area contributed by atoms with Crippen molar-refractivity contribution in [1.29, 1.82) is 0 Å². The van der Waals surface area contributed by atoms with Crippen molar-refractivity contribution in [1.82, 2.24) is 5.06 Å². The molecule has 7 nitrogen and oxygen atoms in total. The van der Waals surface area contributed by atoms with Crippen molar-refractivity contribution in [3.63, 3.8) is 0 Å². The van der Waals surface area contributed by atoms with Crippen LogP contribution in [-0.2, 0) is 28.0 Å². The Morgan fingerprint density at radius 2 is 1.94 bits per heavy atom. The number of ether oxygens (including phenoxy) is 1. The van der Waals surface area contributed by atoms with Crippen molar-refractivity contribution in [2.45, 2.75) is 32.2 Å². The Morgan fingerprint density at radius 1 is 1.39 bits per heavy atom. The van der Waals surface area contributed by atoms with E-state index in [1.54, 1.807) is 20.9 Å². The molecule has 0 aromatic rings. The topological polar surface area (TPSA) is 74.3 Å². The van der Waals surface area contributed by atoms with E-state index in [-0.39, 0.29) is 19.6 Å². The lowest BCUT2D eigenvalue weighted by atomic mass is 10.3. The van der Waals surface area contributed by atoms with E-state index in [1.165, 1.54) is 12.2 Å². The summed E-state index contributed by atoms with van der Waals surface area (Å²) < 4.78 is 27.7. The summed E-state index contributed by atoms with van der Waals surface area (Å²) in [4.78, 5) is 16.7. The van der Waals surface area contributed by atoms with Crippen LogP contribution in [0.15, 0.2) is 0 Å². The van der Waals surface area contributed by atoms with Crippen molar-refractivity contribution in [2.24, 2.45) is 0 Å². The molecule has 0 spiro atoms. The van der Waals surface area contributed by atoms with Gasteiger partial charge in [0.2, 0.25) is 0 Å². The maximum atomic E-state index is 12.6. The van der Waals surface area contributed by atoms with Gasteiger partial charge in [-0.15, -0.1) is 0 Å². The summed E-state index contributed by atoms with van der Waals surface area (Å²) in [5, 5.41) is 1.35. The summed E-state index contributed by atoms with van der Waals surface area (Å²) in [6.45, 7) is 4.01. The van der Waals surface area contributed by atoms with E-state index in [0.717, 1.165) is 0 Å². The summed E-state index contributed by atoms with van der Waals surface area (Å²) in [7, 11) is -0.441. The molecular formula is C10H20NO6P. The Balaban J connectivity index is 2.81. The normalized spacial score (nSPS) is 25.3. The molecule has 1 aliphatic rings. The molecule has 106 valence electrons. The molecular weight excluding hydrogens is 261 g/mol. The van der Waals surface area contributed by atoms with Crippen molar-refractivity contribution in [2.75, 3.05) is 27.4 Å². The zero-order valence-corrected chi connectivity index (χ0v) is 12.0. The van der Waals surface area contributed by atoms with Gasteiger partial charge < -0.3 is 13.8 Å². The zero-order chi connectivity index (χ0) is 13.8. The molecule has 0 aromatic carbocycles. The highest BCUT2D eigenvalue weighted by atomic mass is 31.2. The maximum absolute atomic E-state index is 12.6. The molecule has 1 heterocycles. The lowest BCUT2D eigenvalue weighted by molar-refractivity contribution is -0.176. The highest BCUT2D eigenvalue weighted by Crippen LogP contribution is 2.57. The van der Waals surface area contributed by atoms with E-state index >= 15 is 0 Å². The molecule has 1 saturated heterocycles. The Labute approximate surface area is 107 Å². The van der Waals surface area contributed by atoms with Crippen LogP contribution in [0.4, 0.5) is 0 Å². The van der Waals surface area contributed by atoms with E-state index in [4.69, 9.17) is 13.9 Å². The molecule has 8 heteroatoms. The molecule has 0 N–H and O–H groups in total. The van der Waals surface area contributed by atoms with E-state index in [0.29, 0.717) is 0 Å². The number of carbonyl (C=O) groups is 1. The maximum Gasteiger partial charge on any atom is 0.350 e. The first-order chi connectivity index (χ1) is 8.48. The standard InChI is InChI=1S/C10H20NO6P/c1-5-15-18(13,16-6-2)9-7-8(10(12)14-4)17-11(9)3/h8-9H,5-7H2,1-4H3/t8-,9+/m1/s1. The quantitative estimate of drug-likeness (QED) is 0.538. The Kier molecular flexibility index (Phi) is 5.75. The van der Waals surface area contributed by atoms with Gasteiger partial charge in [-0.25, -0.2) is 4.79 Å². The highest BCUT2D eigenvalue weighted by molar-refractivity contribution is 7.54. The molecule has 0 amide bonds. The van der Waals surface area contributed by atoms with Crippen molar-refractivity contribution in [3.05, 3.63) is 0 Å². The van der Waals surface area contributed by atoms with Gasteiger partial charge in [0.15, 0.2) is 6.10 Å². The molecule has 0 bridgehead atoms. The van der Waals surface area contributed by atoms with E-state index in [2.05, 4.69) is 4.74 Å². The van der Waals surface area contributed by atoms with Crippen LogP contribution in [0.1, 0.15) is 20.3 Å². The third-order valence-electron chi connectivity index (χ3n) is 2.59. The second-order valence-electron chi connectivity index (χ2n) is 3.76. The lowest BCUT2D eigenvalue weighted by Gasteiger charge is -2.25. The second-order valence-corrected chi connectivity index (χ2v) is 5.95. The van der Waals surface area contributed by atoms with Gasteiger partial charge in [-0.3, -0.25) is 9.40 Å². The van der Waals surface area contributed by atoms with Gasteiger partial charge in [-0.05, 0) is 13.8 Å². The molecule has 0 unspecified atom stereocenters. The van der Waals surface area contributed by atoms with Crippen LogP contribution in [0.2, 0.25) is 0 Å².